The van der Waals surface area contributed by atoms with E-state index >= 15 is 0 Å². The summed E-state index contributed by atoms with van der Waals surface area (Å²) >= 11 is 0. The van der Waals surface area contributed by atoms with Gasteiger partial charge in [0.25, 0.3) is 0 Å². The van der Waals surface area contributed by atoms with Gasteiger partial charge in [-0.1, -0.05) is 73.5 Å². The van der Waals surface area contributed by atoms with Crippen molar-refractivity contribution in [3.8, 4) is 11.3 Å². The Morgan fingerprint density at radius 2 is 1.74 bits per heavy atom. The first-order valence-electron chi connectivity index (χ1n) is 9.56. The molecule has 27 heavy (non-hydrogen) atoms. The number of benzene rings is 2. The molecule has 0 atom stereocenters. The maximum absolute atomic E-state index is 13.0. The Kier molecular flexibility index (Phi) is 6.12. The fourth-order valence-electron chi connectivity index (χ4n) is 3.33. The number of rotatable bonds is 7. The number of aromatic nitrogens is 1. The van der Waals surface area contributed by atoms with Crippen LogP contribution in [0.3, 0.4) is 0 Å². The average molecular weight is 361 g/mol. The molecule has 3 nitrogen and oxygen atoms in total. The molecule has 0 fully saturated rings. The van der Waals surface area contributed by atoms with Crippen LogP contribution < -0.4 is 0 Å². The summed E-state index contributed by atoms with van der Waals surface area (Å²) in [7, 11) is 2.00. The molecule has 0 aliphatic carbocycles. The first-order valence-corrected chi connectivity index (χ1v) is 9.56. The molecule has 0 amide bonds. The smallest absolute Gasteiger partial charge is 0.340 e. The van der Waals surface area contributed by atoms with Gasteiger partial charge >= 0.3 is 5.97 Å². The molecule has 0 spiro atoms. The van der Waals surface area contributed by atoms with Crippen LogP contribution in [-0.4, -0.2) is 10.5 Å². The molecule has 0 saturated carbocycles. The monoisotopic (exact) mass is 361 g/mol. The van der Waals surface area contributed by atoms with Gasteiger partial charge in [0.15, 0.2) is 0 Å². The molecule has 3 heteroatoms. The second-order valence-corrected chi connectivity index (χ2v) is 7.02. The summed E-state index contributed by atoms with van der Waals surface area (Å²) in [6.07, 6.45) is 5.10. The van der Waals surface area contributed by atoms with Crippen molar-refractivity contribution in [3.63, 3.8) is 0 Å². The number of hydrogen-bond acceptors (Lipinski definition) is 2. The lowest BCUT2D eigenvalue weighted by Gasteiger charge is -2.10. The molecule has 140 valence electrons. The predicted octanol–water partition coefficient (Wildman–Crippen LogP) is 5.70. The molecule has 1 aromatic heterocycles. The number of esters is 1. The zero-order valence-electron chi connectivity index (χ0n) is 16.4. The number of aryl methyl sites for hydroxylation is 3. The molecule has 3 aromatic rings. The average Bonchev–Trinajstić information content (AvgIpc) is 3.02. The Morgan fingerprint density at radius 1 is 1.04 bits per heavy atom. The Labute approximate surface area is 161 Å². The van der Waals surface area contributed by atoms with Crippen molar-refractivity contribution in [2.24, 2.45) is 7.05 Å². The van der Waals surface area contributed by atoms with Crippen LogP contribution in [0.2, 0.25) is 0 Å². The van der Waals surface area contributed by atoms with Crippen molar-refractivity contribution in [1.82, 2.24) is 4.57 Å². The number of carbonyl (C=O) groups excluding carboxylic acids is 1. The van der Waals surface area contributed by atoms with E-state index in [-0.39, 0.29) is 12.6 Å². The number of carbonyl (C=O) groups is 1. The number of hydrogen-bond donors (Lipinski definition) is 0. The summed E-state index contributed by atoms with van der Waals surface area (Å²) in [4.78, 5) is 13.0. The topological polar surface area (TPSA) is 31.2 Å². The van der Waals surface area contributed by atoms with Crippen molar-refractivity contribution >= 4 is 5.97 Å². The minimum absolute atomic E-state index is 0.249. The van der Waals surface area contributed by atoms with Gasteiger partial charge in [0.1, 0.15) is 6.61 Å². The van der Waals surface area contributed by atoms with E-state index in [9.17, 15) is 4.79 Å². The van der Waals surface area contributed by atoms with Gasteiger partial charge in [-0.2, -0.15) is 0 Å². The fraction of sp³-hybridized carbons (Fsp3) is 0.292. The molecule has 0 unspecified atom stereocenters. The van der Waals surface area contributed by atoms with Gasteiger partial charge in [-0.15, -0.1) is 0 Å². The minimum atomic E-state index is -0.249. The molecular formula is C24H27NO2. The molecule has 0 aliphatic heterocycles. The number of ether oxygens (including phenoxy) is 1. The van der Waals surface area contributed by atoms with E-state index in [0.717, 1.165) is 41.6 Å². The Balaban J connectivity index is 1.94. The van der Waals surface area contributed by atoms with E-state index in [4.69, 9.17) is 4.74 Å². The van der Waals surface area contributed by atoms with Gasteiger partial charge in [0, 0.05) is 13.2 Å². The largest absolute Gasteiger partial charge is 0.457 e. The summed E-state index contributed by atoms with van der Waals surface area (Å²) in [5.74, 6) is -0.249. The Morgan fingerprint density at radius 3 is 2.41 bits per heavy atom. The first-order chi connectivity index (χ1) is 13.1. The lowest BCUT2D eigenvalue weighted by atomic mass is 10.0. The first kappa shape index (κ1) is 19.0. The summed E-state index contributed by atoms with van der Waals surface area (Å²) in [5.41, 5.74) is 5.93. The fourth-order valence-corrected chi connectivity index (χ4v) is 3.33. The quantitative estimate of drug-likeness (QED) is 0.505. The van der Waals surface area contributed by atoms with E-state index in [1.807, 2.05) is 37.4 Å². The van der Waals surface area contributed by atoms with Gasteiger partial charge in [-0.25, -0.2) is 4.79 Å². The lowest BCUT2D eigenvalue weighted by molar-refractivity contribution is 0.0472. The van der Waals surface area contributed by atoms with Crippen molar-refractivity contribution in [3.05, 3.63) is 83.0 Å². The third-order valence-corrected chi connectivity index (χ3v) is 4.80. The zero-order chi connectivity index (χ0) is 19.2. The molecule has 0 bridgehead atoms. The molecule has 0 radical (unpaired) electrons. The maximum Gasteiger partial charge on any atom is 0.340 e. The number of unbranched alkanes of at least 4 members (excludes halogenated alkanes) is 1. The minimum Gasteiger partial charge on any atom is -0.457 e. The third kappa shape index (κ3) is 4.48. The van der Waals surface area contributed by atoms with Crippen LogP contribution in [0.25, 0.3) is 11.3 Å². The maximum atomic E-state index is 13.0. The van der Waals surface area contributed by atoms with Gasteiger partial charge in [-0.3, -0.25) is 0 Å². The highest BCUT2D eigenvalue weighted by atomic mass is 16.5. The van der Waals surface area contributed by atoms with Crippen LogP contribution in [0.4, 0.5) is 0 Å². The third-order valence-electron chi connectivity index (χ3n) is 4.80. The molecular weight excluding hydrogens is 334 g/mol. The predicted molar refractivity (Wildman–Crippen MR) is 110 cm³/mol. The molecule has 1 heterocycles. The van der Waals surface area contributed by atoms with Crippen molar-refractivity contribution in [2.45, 2.75) is 39.7 Å². The van der Waals surface area contributed by atoms with Crippen LogP contribution in [0, 0.1) is 6.92 Å². The Bertz CT molecular complexity index is 892. The van der Waals surface area contributed by atoms with Crippen LogP contribution in [0.15, 0.2) is 60.8 Å². The summed E-state index contributed by atoms with van der Waals surface area (Å²) < 4.78 is 7.73. The summed E-state index contributed by atoms with van der Waals surface area (Å²) in [6.45, 7) is 4.52. The van der Waals surface area contributed by atoms with E-state index < -0.39 is 0 Å². The Hall–Kier alpha value is -2.81. The summed E-state index contributed by atoms with van der Waals surface area (Å²) in [6, 6.07) is 18.1. The van der Waals surface area contributed by atoms with Crippen molar-refractivity contribution < 1.29 is 9.53 Å². The van der Waals surface area contributed by atoms with E-state index in [0.29, 0.717) is 5.56 Å². The molecule has 0 saturated heterocycles. The number of nitrogens with zero attached hydrogens (tertiary/aromatic N) is 1. The SMILES string of the molecule is CCCCc1cn(C)c(-c2ccc(C)cc2)c1C(=O)OCc1ccccc1. The lowest BCUT2D eigenvalue weighted by Crippen LogP contribution is -2.09. The van der Waals surface area contributed by atoms with Gasteiger partial charge in [0.2, 0.25) is 0 Å². The second-order valence-electron chi connectivity index (χ2n) is 7.02. The van der Waals surface area contributed by atoms with Gasteiger partial charge < -0.3 is 9.30 Å². The van der Waals surface area contributed by atoms with E-state index in [1.54, 1.807) is 0 Å². The normalized spacial score (nSPS) is 10.8. The molecule has 0 aliphatic rings. The van der Waals surface area contributed by atoms with Crippen molar-refractivity contribution in [1.29, 1.82) is 0 Å². The van der Waals surface area contributed by atoms with Gasteiger partial charge in [-0.05, 0) is 36.5 Å². The second kappa shape index (κ2) is 8.72. The van der Waals surface area contributed by atoms with Crippen LogP contribution in [0.5, 0.6) is 0 Å². The summed E-state index contributed by atoms with van der Waals surface area (Å²) in [5, 5.41) is 0. The highest BCUT2D eigenvalue weighted by molar-refractivity contribution is 5.98. The van der Waals surface area contributed by atoms with Gasteiger partial charge in [0.05, 0.1) is 11.3 Å². The van der Waals surface area contributed by atoms with Crippen LogP contribution in [-0.2, 0) is 24.8 Å². The van der Waals surface area contributed by atoms with E-state index in [1.165, 1.54) is 5.56 Å². The standard InChI is InChI=1S/C24H27NO2/c1-4-5-11-21-16-25(3)23(20-14-12-18(2)13-15-20)22(21)24(26)27-17-19-9-7-6-8-10-19/h6-10,12-16H,4-5,11,17H2,1-3H3. The molecule has 0 N–H and O–H groups in total. The van der Waals surface area contributed by atoms with E-state index in [2.05, 4.69) is 48.9 Å². The highest BCUT2D eigenvalue weighted by Gasteiger charge is 2.23. The van der Waals surface area contributed by atoms with Crippen LogP contribution in [0.1, 0.15) is 46.8 Å². The molecule has 3 rings (SSSR count). The molecule has 2 aromatic carbocycles. The zero-order valence-corrected chi connectivity index (χ0v) is 16.4. The van der Waals surface area contributed by atoms with Crippen LogP contribution >= 0.6 is 0 Å². The highest BCUT2D eigenvalue weighted by Crippen LogP contribution is 2.30. The van der Waals surface area contributed by atoms with Crippen molar-refractivity contribution in [2.75, 3.05) is 0 Å².